The van der Waals surface area contributed by atoms with Gasteiger partial charge in [-0.3, -0.25) is 9.59 Å². The molecule has 29 heavy (non-hydrogen) atoms. The van der Waals surface area contributed by atoms with Crippen LogP contribution in [0.2, 0.25) is 0 Å². The second-order valence-corrected chi connectivity index (χ2v) is 7.27. The van der Waals surface area contributed by atoms with Crippen LogP contribution in [0.3, 0.4) is 0 Å². The Hall–Kier alpha value is -3.15. The van der Waals surface area contributed by atoms with Gasteiger partial charge in [0.2, 0.25) is 5.91 Å². The number of benzene rings is 2. The molecule has 0 unspecified atom stereocenters. The SMILES string of the molecule is CCOC(=O)C=C[C@H](C[C@@H]1CCNC1=O)NC(=O)c1ccc2cc(C)ccc2c1. The van der Waals surface area contributed by atoms with E-state index in [9.17, 15) is 14.4 Å². The van der Waals surface area contributed by atoms with Gasteiger partial charge in [0.05, 0.1) is 6.61 Å². The van der Waals surface area contributed by atoms with Crippen molar-refractivity contribution in [3.05, 3.63) is 59.7 Å². The van der Waals surface area contributed by atoms with Crippen LogP contribution in [0.4, 0.5) is 0 Å². The number of fused-ring (bicyclic) bond motifs is 1. The van der Waals surface area contributed by atoms with Crippen molar-refractivity contribution in [1.82, 2.24) is 10.6 Å². The molecule has 152 valence electrons. The zero-order chi connectivity index (χ0) is 20.8. The van der Waals surface area contributed by atoms with Gasteiger partial charge in [-0.2, -0.15) is 0 Å². The molecule has 2 aromatic rings. The first-order valence-corrected chi connectivity index (χ1v) is 9.90. The van der Waals surface area contributed by atoms with Gasteiger partial charge in [-0.15, -0.1) is 0 Å². The normalized spacial score (nSPS) is 17.3. The Morgan fingerprint density at radius 2 is 2.00 bits per heavy atom. The van der Waals surface area contributed by atoms with Crippen molar-refractivity contribution in [1.29, 1.82) is 0 Å². The highest BCUT2D eigenvalue weighted by Gasteiger charge is 2.27. The van der Waals surface area contributed by atoms with Crippen molar-refractivity contribution in [3.63, 3.8) is 0 Å². The Bertz CT molecular complexity index is 951. The molecule has 2 aromatic carbocycles. The number of amides is 2. The number of ether oxygens (including phenoxy) is 1. The first-order valence-electron chi connectivity index (χ1n) is 9.90. The number of aryl methyl sites for hydroxylation is 1. The fourth-order valence-electron chi connectivity index (χ4n) is 3.51. The van der Waals surface area contributed by atoms with E-state index in [0.29, 0.717) is 24.9 Å². The molecule has 2 atom stereocenters. The van der Waals surface area contributed by atoms with E-state index in [1.165, 1.54) is 6.08 Å². The molecule has 0 aliphatic carbocycles. The topological polar surface area (TPSA) is 84.5 Å². The molecule has 0 spiro atoms. The lowest BCUT2D eigenvalue weighted by atomic mass is 9.97. The minimum atomic E-state index is -0.469. The molecule has 1 saturated heterocycles. The summed E-state index contributed by atoms with van der Waals surface area (Å²) in [7, 11) is 0. The molecule has 2 amide bonds. The van der Waals surface area contributed by atoms with Crippen LogP contribution < -0.4 is 10.6 Å². The number of esters is 1. The van der Waals surface area contributed by atoms with E-state index in [-0.39, 0.29) is 24.3 Å². The zero-order valence-corrected chi connectivity index (χ0v) is 16.7. The fourth-order valence-corrected chi connectivity index (χ4v) is 3.51. The average molecular weight is 394 g/mol. The third kappa shape index (κ3) is 5.44. The van der Waals surface area contributed by atoms with Crippen LogP contribution in [0.1, 0.15) is 35.7 Å². The highest BCUT2D eigenvalue weighted by atomic mass is 16.5. The molecule has 6 nitrogen and oxygen atoms in total. The Labute approximate surface area is 170 Å². The Kier molecular flexibility index (Phi) is 6.65. The molecule has 1 heterocycles. The quantitative estimate of drug-likeness (QED) is 0.559. The van der Waals surface area contributed by atoms with Gasteiger partial charge in [-0.25, -0.2) is 4.79 Å². The molecular formula is C23H26N2O4. The third-order valence-corrected chi connectivity index (χ3v) is 5.03. The van der Waals surface area contributed by atoms with Gasteiger partial charge in [0.1, 0.15) is 0 Å². The van der Waals surface area contributed by atoms with Crippen molar-refractivity contribution >= 4 is 28.6 Å². The van der Waals surface area contributed by atoms with E-state index in [1.54, 1.807) is 19.1 Å². The number of carbonyl (C=O) groups excluding carboxylic acids is 3. The van der Waals surface area contributed by atoms with Gasteiger partial charge >= 0.3 is 5.97 Å². The van der Waals surface area contributed by atoms with Gasteiger partial charge < -0.3 is 15.4 Å². The van der Waals surface area contributed by atoms with E-state index < -0.39 is 12.0 Å². The zero-order valence-electron chi connectivity index (χ0n) is 16.7. The van der Waals surface area contributed by atoms with Crippen LogP contribution in [0.5, 0.6) is 0 Å². The molecule has 3 rings (SSSR count). The van der Waals surface area contributed by atoms with Gasteiger partial charge in [0, 0.05) is 30.1 Å². The standard InChI is InChI=1S/C23H26N2O4/c1-3-29-21(26)9-8-20(14-19-10-11-24-22(19)27)25-23(28)18-7-6-16-12-15(2)4-5-17(16)13-18/h4-9,12-13,19-20H,3,10-11,14H2,1-2H3,(H,24,27)(H,25,28)/t19-,20+/m0/s1. The van der Waals surface area contributed by atoms with Crippen LogP contribution in [0, 0.1) is 12.8 Å². The fraction of sp³-hybridized carbons (Fsp3) is 0.348. The minimum Gasteiger partial charge on any atom is -0.463 e. The highest BCUT2D eigenvalue weighted by molar-refractivity contribution is 5.99. The van der Waals surface area contributed by atoms with Gasteiger partial charge in [0.15, 0.2) is 0 Å². The largest absolute Gasteiger partial charge is 0.463 e. The lowest BCUT2D eigenvalue weighted by Crippen LogP contribution is -2.36. The molecule has 0 aromatic heterocycles. The van der Waals surface area contributed by atoms with E-state index >= 15 is 0 Å². The third-order valence-electron chi connectivity index (χ3n) is 5.03. The van der Waals surface area contributed by atoms with Crippen molar-refractivity contribution in [3.8, 4) is 0 Å². The molecule has 1 aliphatic rings. The van der Waals surface area contributed by atoms with E-state index in [0.717, 1.165) is 16.3 Å². The lowest BCUT2D eigenvalue weighted by molar-refractivity contribution is -0.137. The predicted molar refractivity (Wildman–Crippen MR) is 111 cm³/mol. The summed E-state index contributed by atoms with van der Waals surface area (Å²) < 4.78 is 4.91. The first-order chi connectivity index (χ1) is 14.0. The molecule has 2 N–H and O–H groups in total. The molecular weight excluding hydrogens is 368 g/mol. The van der Waals surface area contributed by atoms with Crippen LogP contribution in [-0.4, -0.2) is 37.0 Å². The van der Waals surface area contributed by atoms with Gasteiger partial charge in [-0.1, -0.05) is 35.9 Å². The van der Waals surface area contributed by atoms with Crippen LogP contribution in [0.15, 0.2) is 48.6 Å². The number of nitrogens with one attached hydrogen (secondary N) is 2. The lowest BCUT2D eigenvalue weighted by Gasteiger charge is -2.18. The molecule has 0 radical (unpaired) electrons. The summed E-state index contributed by atoms with van der Waals surface area (Å²) in [6.45, 7) is 4.67. The first kappa shape index (κ1) is 20.6. The van der Waals surface area contributed by atoms with Gasteiger partial charge in [0.25, 0.3) is 5.91 Å². The number of rotatable bonds is 7. The molecule has 0 bridgehead atoms. The Balaban J connectivity index is 1.76. The summed E-state index contributed by atoms with van der Waals surface area (Å²) in [5.74, 6) is -0.922. The highest BCUT2D eigenvalue weighted by Crippen LogP contribution is 2.20. The summed E-state index contributed by atoms with van der Waals surface area (Å²) in [4.78, 5) is 36.4. The van der Waals surface area contributed by atoms with Crippen molar-refractivity contribution in [2.75, 3.05) is 13.2 Å². The Morgan fingerprint density at radius 3 is 2.72 bits per heavy atom. The van der Waals surface area contributed by atoms with Crippen molar-refractivity contribution in [2.45, 2.75) is 32.7 Å². The molecule has 1 fully saturated rings. The number of hydrogen-bond acceptors (Lipinski definition) is 4. The average Bonchev–Trinajstić information content (AvgIpc) is 3.10. The van der Waals surface area contributed by atoms with Crippen LogP contribution in [0.25, 0.3) is 10.8 Å². The molecule has 1 aliphatic heterocycles. The van der Waals surface area contributed by atoms with E-state index in [1.807, 2.05) is 31.2 Å². The monoisotopic (exact) mass is 394 g/mol. The van der Waals surface area contributed by atoms with Crippen LogP contribution >= 0.6 is 0 Å². The van der Waals surface area contributed by atoms with E-state index in [2.05, 4.69) is 16.7 Å². The summed E-state index contributed by atoms with van der Waals surface area (Å²) in [6.07, 6.45) is 4.06. The van der Waals surface area contributed by atoms with Crippen molar-refractivity contribution < 1.29 is 19.1 Å². The smallest absolute Gasteiger partial charge is 0.330 e. The Morgan fingerprint density at radius 1 is 1.24 bits per heavy atom. The summed E-state index contributed by atoms with van der Waals surface area (Å²) >= 11 is 0. The molecule has 6 heteroatoms. The maximum Gasteiger partial charge on any atom is 0.330 e. The summed E-state index contributed by atoms with van der Waals surface area (Å²) in [6, 6.07) is 11.2. The van der Waals surface area contributed by atoms with E-state index in [4.69, 9.17) is 4.74 Å². The second kappa shape index (κ2) is 9.37. The van der Waals surface area contributed by atoms with Crippen LogP contribution in [-0.2, 0) is 14.3 Å². The summed E-state index contributed by atoms with van der Waals surface area (Å²) in [5, 5.41) is 7.80. The number of carbonyl (C=O) groups is 3. The number of hydrogen-bond donors (Lipinski definition) is 2. The minimum absolute atomic E-state index is 0.0186. The predicted octanol–water partition coefficient (Wildman–Crippen LogP) is 2.89. The maximum absolute atomic E-state index is 12.8. The maximum atomic E-state index is 12.8. The second-order valence-electron chi connectivity index (χ2n) is 7.27. The summed E-state index contributed by atoms with van der Waals surface area (Å²) in [5.41, 5.74) is 1.69. The van der Waals surface area contributed by atoms with Gasteiger partial charge in [-0.05, 0) is 49.6 Å². The van der Waals surface area contributed by atoms with Crippen molar-refractivity contribution in [2.24, 2.45) is 5.92 Å². The molecule has 0 saturated carbocycles.